The monoisotopic (exact) mass is 370 g/mol. The van der Waals surface area contributed by atoms with Crippen molar-refractivity contribution in [3.05, 3.63) is 46.7 Å². The average Bonchev–Trinajstić information content (AvgIpc) is 3.31. The van der Waals surface area contributed by atoms with Crippen molar-refractivity contribution in [1.82, 2.24) is 19.6 Å². The Kier molecular flexibility index (Phi) is 3.59. The van der Waals surface area contributed by atoms with E-state index in [1.54, 1.807) is 28.4 Å². The average molecular weight is 370 g/mol. The molecular weight excluding hydrogens is 350 g/mol. The van der Waals surface area contributed by atoms with Crippen molar-refractivity contribution in [2.75, 3.05) is 0 Å². The van der Waals surface area contributed by atoms with E-state index in [9.17, 15) is 0 Å². The van der Waals surface area contributed by atoms with Crippen molar-refractivity contribution in [1.29, 1.82) is 0 Å². The number of thiophene rings is 1. The van der Waals surface area contributed by atoms with Crippen LogP contribution in [0.4, 0.5) is 0 Å². The van der Waals surface area contributed by atoms with Crippen LogP contribution in [-0.4, -0.2) is 25.2 Å². The Morgan fingerprint density at radius 1 is 1.35 bits per heavy atom. The van der Waals surface area contributed by atoms with Crippen molar-refractivity contribution >= 4 is 27.2 Å². The Morgan fingerprint density at radius 3 is 3.12 bits per heavy atom. The fraction of sp³-hybridized carbons (Fsp3) is 0.389. The van der Waals surface area contributed by atoms with Gasteiger partial charge in [-0.1, -0.05) is 0 Å². The normalized spacial score (nSPS) is 16.4. The molecule has 1 aliphatic heterocycles. The molecule has 4 aromatic rings. The summed E-state index contributed by atoms with van der Waals surface area (Å²) in [5.74, 6) is 1.75. The summed E-state index contributed by atoms with van der Waals surface area (Å²) in [6.07, 6.45) is 4.32. The van der Waals surface area contributed by atoms with E-state index in [1.807, 2.05) is 12.1 Å². The van der Waals surface area contributed by atoms with Crippen LogP contribution in [0.25, 0.3) is 15.9 Å². The number of ether oxygens (including phenoxy) is 1. The topological polar surface area (TPSA) is 82.1 Å². The van der Waals surface area contributed by atoms with Gasteiger partial charge in [0, 0.05) is 11.3 Å². The summed E-state index contributed by atoms with van der Waals surface area (Å²) in [6.45, 7) is 6.38. The molecule has 0 unspecified atom stereocenters. The summed E-state index contributed by atoms with van der Waals surface area (Å²) in [5, 5.41) is 7.87. The van der Waals surface area contributed by atoms with E-state index < -0.39 is 0 Å². The minimum atomic E-state index is -0.159. The number of hydrogen-bond donors (Lipinski definition) is 1. The van der Waals surface area contributed by atoms with Gasteiger partial charge in [0.2, 0.25) is 5.82 Å². The van der Waals surface area contributed by atoms with Crippen molar-refractivity contribution < 1.29 is 14.5 Å². The molecule has 0 fully saturated rings. The minimum Gasteiger partial charge on any atom is -0.463 e. The Balaban J connectivity index is 1.49. The summed E-state index contributed by atoms with van der Waals surface area (Å²) in [6, 6.07) is 3.88. The van der Waals surface area contributed by atoms with Crippen LogP contribution >= 0.6 is 11.3 Å². The number of nitrogens with two attached hydrogens (primary N) is 1. The van der Waals surface area contributed by atoms with E-state index in [1.165, 1.54) is 10.4 Å². The van der Waals surface area contributed by atoms with Gasteiger partial charge < -0.3 is 14.5 Å². The Morgan fingerprint density at radius 2 is 2.27 bits per heavy atom. The lowest BCUT2D eigenvalue weighted by Gasteiger charge is -2.30. The molecule has 0 radical (unpaired) electrons. The molecule has 0 spiro atoms. The molecule has 134 valence electrons. The number of quaternary nitrogens is 1. The maximum Gasteiger partial charge on any atom is 0.206 e. The van der Waals surface area contributed by atoms with Gasteiger partial charge in [-0.25, -0.2) is 14.5 Å². The molecule has 7 nitrogen and oxygen atoms in total. The first-order chi connectivity index (χ1) is 12.6. The molecule has 5 rings (SSSR count). The quantitative estimate of drug-likeness (QED) is 0.594. The standard InChI is InChI=1S/C18H19N5O2S/c1-18(2)6-12-13(9-25-18)26-17-15(12)16-21-14(22-23(16)10-20-17)8-19-7-11-4-3-5-24-11/h3-5,10,19H,6-9H2,1-2H3/p+1. The zero-order valence-corrected chi connectivity index (χ0v) is 15.5. The Bertz CT molecular complexity index is 1080. The largest absolute Gasteiger partial charge is 0.463 e. The van der Waals surface area contributed by atoms with Crippen LogP contribution in [0.2, 0.25) is 0 Å². The highest BCUT2D eigenvalue weighted by Gasteiger charge is 2.30. The molecule has 1 aliphatic rings. The number of fused-ring (bicyclic) bond motifs is 5. The SMILES string of the molecule is CC1(C)Cc2c(sc3ncn4nc(C[NH2+]Cc5ccco5)nc4c23)CO1. The van der Waals surface area contributed by atoms with Crippen molar-refractivity contribution in [3.63, 3.8) is 0 Å². The minimum absolute atomic E-state index is 0.159. The van der Waals surface area contributed by atoms with Crippen LogP contribution in [0.3, 0.4) is 0 Å². The van der Waals surface area contributed by atoms with Crippen LogP contribution in [0, 0.1) is 0 Å². The molecule has 0 saturated heterocycles. The molecule has 0 atom stereocenters. The fourth-order valence-electron chi connectivity index (χ4n) is 3.44. The third-order valence-electron chi connectivity index (χ3n) is 4.70. The van der Waals surface area contributed by atoms with Crippen molar-refractivity contribution in [2.45, 2.75) is 45.6 Å². The van der Waals surface area contributed by atoms with Gasteiger partial charge >= 0.3 is 0 Å². The van der Waals surface area contributed by atoms with E-state index in [2.05, 4.69) is 29.2 Å². The number of aromatic nitrogens is 4. The first-order valence-corrected chi connectivity index (χ1v) is 9.53. The molecule has 0 amide bonds. The maximum atomic E-state index is 5.95. The fourth-order valence-corrected chi connectivity index (χ4v) is 4.51. The maximum absolute atomic E-state index is 5.95. The van der Waals surface area contributed by atoms with Gasteiger partial charge in [0.15, 0.2) is 11.4 Å². The van der Waals surface area contributed by atoms with Gasteiger partial charge in [-0.05, 0) is 31.5 Å². The molecule has 0 aromatic carbocycles. The molecule has 0 aliphatic carbocycles. The van der Waals surface area contributed by atoms with E-state index in [-0.39, 0.29) is 5.60 Å². The number of nitrogens with zero attached hydrogens (tertiary/aromatic N) is 4. The van der Waals surface area contributed by atoms with Crippen LogP contribution in [0.5, 0.6) is 0 Å². The van der Waals surface area contributed by atoms with E-state index >= 15 is 0 Å². The summed E-state index contributed by atoms with van der Waals surface area (Å²) in [4.78, 5) is 11.7. The zero-order chi connectivity index (χ0) is 17.7. The van der Waals surface area contributed by atoms with Gasteiger partial charge in [0.25, 0.3) is 0 Å². The lowest BCUT2D eigenvalue weighted by atomic mass is 9.94. The van der Waals surface area contributed by atoms with Crippen molar-refractivity contribution in [3.8, 4) is 0 Å². The lowest BCUT2D eigenvalue weighted by Crippen LogP contribution is -2.80. The second-order valence-corrected chi connectivity index (χ2v) is 8.31. The third-order valence-corrected chi connectivity index (χ3v) is 5.82. The predicted octanol–water partition coefficient (Wildman–Crippen LogP) is 2.05. The van der Waals surface area contributed by atoms with E-state index in [4.69, 9.17) is 14.1 Å². The Hall–Kier alpha value is -2.29. The van der Waals surface area contributed by atoms with Gasteiger partial charge in [0.1, 0.15) is 24.2 Å². The summed E-state index contributed by atoms with van der Waals surface area (Å²) < 4.78 is 13.1. The van der Waals surface area contributed by atoms with Crippen molar-refractivity contribution in [2.24, 2.45) is 0 Å². The zero-order valence-electron chi connectivity index (χ0n) is 14.7. The van der Waals surface area contributed by atoms with E-state index in [0.717, 1.165) is 40.4 Å². The second kappa shape index (κ2) is 5.87. The first kappa shape index (κ1) is 15.9. The van der Waals surface area contributed by atoms with Gasteiger partial charge in [-0.3, -0.25) is 0 Å². The number of hydrogen-bond acceptors (Lipinski definition) is 6. The molecule has 0 saturated carbocycles. The number of rotatable bonds is 4. The molecule has 4 aromatic heterocycles. The summed E-state index contributed by atoms with van der Waals surface area (Å²) >= 11 is 1.70. The molecule has 8 heteroatoms. The molecule has 5 heterocycles. The predicted molar refractivity (Wildman–Crippen MR) is 96.8 cm³/mol. The van der Waals surface area contributed by atoms with Gasteiger partial charge in [0.05, 0.1) is 23.9 Å². The molecule has 2 N–H and O–H groups in total. The molecule has 26 heavy (non-hydrogen) atoms. The van der Waals surface area contributed by atoms with Gasteiger partial charge in [-0.15, -0.1) is 16.4 Å². The third kappa shape index (κ3) is 2.70. The smallest absolute Gasteiger partial charge is 0.206 e. The van der Waals surface area contributed by atoms with Gasteiger partial charge in [-0.2, -0.15) is 0 Å². The van der Waals surface area contributed by atoms with Crippen LogP contribution in [-0.2, 0) is 30.9 Å². The Labute approximate surface area is 154 Å². The van der Waals surface area contributed by atoms with E-state index in [0.29, 0.717) is 13.2 Å². The summed E-state index contributed by atoms with van der Waals surface area (Å²) in [7, 11) is 0. The molecule has 0 bridgehead atoms. The summed E-state index contributed by atoms with van der Waals surface area (Å²) in [5.41, 5.74) is 2.05. The second-order valence-electron chi connectivity index (χ2n) is 7.23. The number of furan rings is 1. The highest BCUT2D eigenvalue weighted by molar-refractivity contribution is 7.19. The van der Waals surface area contributed by atoms with Crippen LogP contribution in [0.1, 0.15) is 35.9 Å². The highest BCUT2D eigenvalue weighted by atomic mass is 32.1. The van der Waals surface area contributed by atoms with Crippen LogP contribution in [0.15, 0.2) is 29.1 Å². The first-order valence-electron chi connectivity index (χ1n) is 8.71. The lowest BCUT2D eigenvalue weighted by molar-refractivity contribution is -0.688. The molecular formula is C18H20N5O2S+. The highest BCUT2D eigenvalue weighted by Crippen LogP contribution is 2.39. The van der Waals surface area contributed by atoms with Crippen LogP contribution < -0.4 is 5.32 Å².